The topological polar surface area (TPSA) is 47.6 Å². The third-order valence-electron chi connectivity index (χ3n) is 4.42. The quantitative estimate of drug-likeness (QED) is 0.521. The summed E-state index contributed by atoms with van der Waals surface area (Å²) in [7, 11) is 3.19. The summed E-state index contributed by atoms with van der Waals surface area (Å²) >= 11 is 0. The van der Waals surface area contributed by atoms with Crippen LogP contribution < -0.4 is 14.8 Å². The van der Waals surface area contributed by atoms with Crippen molar-refractivity contribution in [3.05, 3.63) is 65.2 Å². The van der Waals surface area contributed by atoms with E-state index in [0.717, 1.165) is 18.4 Å². The van der Waals surface area contributed by atoms with Gasteiger partial charge in [-0.2, -0.15) is 0 Å². The molecule has 0 unspecified atom stereocenters. The number of rotatable bonds is 9. The van der Waals surface area contributed by atoms with Crippen LogP contribution in [0.4, 0.5) is 0 Å². The largest absolute Gasteiger partial charge is 0.493 e. The average Bonchev–Trinajstić information content (AvgIpc) is 2.69. The molecule has 4 nitrogen and oxygen atoms in total. The Labute approximate surface area is 162 Å². The van der Waals surface area contributed by atoms with Crippen LogP contribution in [-0.2, 0) is 11.2 Å². The van der Waals surface area contributed by atoms with E-state index in [0.29, 0.717) is 24.0 Å². The van der Waals surface area contributed by atoms with Crippen LogP contribution in [0, 0.1) is 0 Å². The van der Waals surface area contributed by atoms with Crippen molar-refractivity contribution in [2.24, 2.45) is 0 Å². The van der Waals surface area contributed by atoms with E-state index < -0.39 is 0 Å². The number of hydrogen-bond donors (Lipinski definition) is 1. The standard InChI is InChI=1S/C23H29NO3/c1-17(2)20-11-7-18(8-12-20)6-5-15-24-23(25)14-10-19-9-13-21(26-3)22(16-19)27-4/h7-14,16-17H,5-6,15H2,1-4H3,(H,24,25)/b14-10+. The van der Waals surface area contributed by atoms with Crippen LogP contribution >= 0.6 is 0 Å². The predicted molar refractivity (Wildman–Crippen MR) is 110 cm³/mol. The molecule has 0 atom stereocenters. The predicted octanol–water partition coefficient (Wildman–Crippen LogP) is 4.59. The Bertz CT molecular complexity index is 764. The van der Waals surface area contributed by atoms with Crippen molar-refractivity contribution < 1.29 is 14.3 Å². The lowest BCUT2D eigenvalue weighted by Gasteiger charge is -2.08. The van der Waals surface area contributed by atoms with Crippen molar-refractivity contribution in [3.8, 4) is 11.5 Å². The first-order valence-electron chi connectivity index (χ1n) is 9.30. The summed E-state index contributed by atoms with van der Waals surface area (Å²) < 4.78 is 10.5. The minimum absolute atomic E-state index is 0.0973. The van der Waals surface area contributed by atoms with Crippen LogP contribution in [0.2, 0.25) is 0 Å². The summed E-state index contributed by atoms with van der Waals surface area (Å²) in [5, 5.41) is 2.92. The maximum atomic E-state index is 12.0. The Kier molecular flexibility index (Phi) is 7.93. The molecule has 144 valence electrons. The number of methoxy groups -OCH3 is 2. The maximum absolute atomic E-state index is 12.0. The van der Waals surface area contributed by atoms with Crippen LogP contribution in [0.15, 0.2) is 48.5 Å². The molecule has 0 fully saturated rings. The highest BCUT2D eigenvalue weighted by Gasteiger charge is 2.03. The fourth-order valence-corrected chi connectivity index (χ4v) is 2.76. The third-order valence-corrected chi connectivity index (χ3v) is 4.42. The molecule has 2 rings (SSSR count). The molecule has 2 aromatic carbocycles. The summed E-state index contributed by atoms with van der Waals surface area (Å²) in [6.45, 7) is 5.04. The molecule has 0 heterocycles. The van der Waals surface area contributed by atoms with Gasteiger partial charge in [0.15, 0.2) is 11.5 Å². The number of aryl methyl sites for hydroxylation is 1. The highest BCUT2D eigenvalue weighted by molar-refractivity contribution is 5.91. The van der Waals surface area contributed by atoms with Crippen LogP contribution in [0.1, 0.15) is 42.9 Å². The molecule has 1 amide bonds. The number of amides is 1. The van der Waals surface area contributed by atoms with E-state index in [1.54, 1.807) is 26.4 Å². The van der Waals surface area contributed by atoms with Crippen molar-refractivity contribution in [1.29, 1.82) is 0 Å². The van der Waals surface area contributed by atoms with Gasteiger partial charge in [0.25, 0.3) is 0 Å². The number of benzene rings is 2. The summed E-state index contributed by atoms with van der Waals surface area (Å²) in [5.41, 5.74) is 3.54. The fourth-order valence-electron chi connectivity index (χ4n) is 2.76. The molecule has 0 aliphatic rings. The molecule has 1 N–H and O–H groups in total. The van der Waals surface area contributed by atoms with Gasteiger partial charge in [0.1, 0.15) is 0 Å². The summed E-state index contributed by atoms with van der Waals surface area (Å²) in [6, 6.07) is 14.3. The molecule has 0 aliphatic carbocycles. The van der Waals surface area contributed by atoms with E-state index in [9.17, 15) is 4.79 Å². The smallest absolute Gasteiger partial charge is 0.243 e. The van der Waals surface area contributed by atoms with E-state index in [1.165, 1.54) is 11.1 Å². The van der Waals surface area contributed by atoms with Gasteiger partial charge in [-0.05, 0) is 53.7 Å². The lowest BCUT2D eigenvalue weighted by Crippen LogP contribution is -2.22. The van der Waals surface area contributed by atoms with Crippen molar-refractivity contribution in [1.82, 2.24) is 5.32 Å². The van der Waals surface area contributed by atoms with Gasteiger partial charge in [0.05, 0.1) is 14.2 Å². The van der Waals surface area contributed by atoms with Gasteiger partial charge in [-0.25, -0.2) is 0 Å². The number of ether oxygens (including phenoxy) is 2. The van der Waals surface area contributed by atoms with Gasteiger partial charge in [-0.15, -0.1) is 0 Å². The van der Waals surface area contributed by atoms with E-state index >= 15 is 0 Å². The zero-order chi connectivity index (χ0) is 19.6. The number of carbonyl (C=O) groups is 1. The fraction of sp³-hybridized carbons (Fsp3) is 0.348. The van der Waals surface area contributed by atoms with Crippen molar-refractivity contribution in [2.75, 3.05) is 20.8 Å². The summed E-state index contributed by atoms with van der Waals surface area (Å²) in [5.74, 6) is 1.76. The zero-order valence-electron chi connectivity index (χ0n) is 16.6. The van der Waals surface area contributed by atoms with Crippen molar-refractivity contribution in [2.45, 2.75) is 32.6 Å². The van der Waals surface area contributed by atoms with E-state index in [1.807, 2.05) is 18.2 Å². The van der Waals surface area contributed by atoms with Crippen LogP contribution in [0.25, 0.3) is 6.08 Å². The van der Waals surface area contributed by atoms with E-state index in [-0.39, 0.29) is 5.91 Å². The first-order valence-corrected chi connectivity index (χ1v) is 9.30. The molecule has 4 heteroatoms. The highest BCUT2D eigenvalue weighted by Crippen LogP contribution is 2.27. The Hall–Kier alpha value is -2.75. The molecule has 2 aromatic rings. The monoisotopic (exact) mass is 367 g/mol. The first-order chi connectivity index (χ1) is 13.0. The van der Waals surface area contributed by atoms with Gasteiger partial charge in [0.2, 0.25) is 5.91 Å². The third kappa shape index (κ3) is 6.48. The molecular formula is C23H29NO3. The van der Waals surface area contributed by atoms with Crippen molar-refractivity contribution >= 4 is 12.0 Å². The molecule has 0 radical (unpaired) electrons. The minimum Gasteiger partial charge on any atom is -0.493 e. The summed E-state index contributed by atoms with van der Waals surface area (Å²) in [4.78, 5) is 12.0. The lowest BCUT2D eigenvalue weighted by molar-refractivity contribution is -0.116. The second-order valence-corrected chi connectivity index (χ2v) is 6.74. The molecule has 0 aromatic heterocycles. The van der Waals surface area contributed by atoms with Gasteiger partial charge in [0, 0.05) is 12.6 Å². The molecule has 0 saturated carbocycles. The van der Waals surface area contributed by atoms with E-state index in [4.69, 9.17) is 9.47 Å². The molecular weight excluding hydrogens is 338 g/mol. The van der Waals surface area contributed by atoms with Crippen LogP contribution in [-0.4, -0.2) is 26.7 Å². The average molecular weight is 367 g/mol. The van der Waals surface area contributed by atoms with Gasteiger partial charge < -0.3 is 14.8 Å². The zero-order valence-corrected chi connectivity index (χ0v) is 16.6. The van der Waals surface area contributed by atoms with Crippen LogP contribution in [0.3, 0.4) is 0 Å². The van der Waals surface area contributed by atoms with Crippen molar-refractivity contribution in [3.63, 3.8) is 0 Å². The highest BCUT2D eigenvalue weighted by atomic mass is 16.5. The molecule has 0 spiro atoms. The maximum Gasteiger partial charge on any atom is 0.243 e. The number of carbonyl (C=O) groups excluding carboxylic acids is 1. The normalized spacial score (nSPS) is 11.0. The van der Waals surface area contributed by atoms with Gasteiger partial charge in [-0.3, -0.25) is 4.79 Å². The minimum atomic E-state index is -0.0973. The lowest BCUT2D eigenvalue weighted by atomic mass is 10.0. The van der Waals surface area contributed by atoms with Gasteiger partial charge in [-0.1, -0.05) is 44.2 Å². The number of nitrogens with one attached hydrogen (secondary N) is 1. The molecule has 0 aliphatic heterocycles. The Morgan fingerprint density at radius 3 is 2.37 bits per heavy atom. The molecule has 0 saturated heterocycles. The molecule has 0 bridgehead atoms. The SMILES string of the molecule is COc1ccc(/C=C/C(=O)NCCCc2ccc(C(C)C)cc2)cc1OC. The second kappa shape index (κ2) is 10.4. The first kappa shape index (κ1) is 20.6. The van der Waals surface area contributed by atoms with Gasteiger partial charge >= 0.3 is 0 Å². The van der Waals surface area contributed by atoms with E-state index in [2.05, 4.69) is 43.4 Å². The van der Waals surface area contributed by atoms with Crippen LogP contribution in [0.5, 0.6) is 11.5 Å². The Morgan fingerprint density at radius 2 is 1.74 bits per heavy atom. The second-order valence-electron chi connectivity index (χ2n) is 6.74. The molecule has 27 heavy (non-hydrogen) atoms. The Balaban J connectivity index is 1.76. The summed E-state index contributed by atoms with van der Waals surface area (Å²) in [6.07, 6.45) is 5.18. The Morgan fingerprint density at radius 1 is 1.04 bits per heavy atom. The number of hydrogen-bond acceptors (Lipinski definition) is 3.